The number of primary amides is 1. The Morgan fingerprint density at radius 2 is 1.93 bits per heavy atom. The Balaban J connectivity index is 2.37. The van der Waals surface area contributed by atoms with Crippen molar-refractivity contribution in [2.45, 2.75) is 20.8 Å². The van der Waals surface area contributed by atoms with Gasteiger partial charge in [-0.3, -0.25) is 14.3 Å². The molecule has 2 aromatic heterocycles. The van der Waals surface area contributed by atoms with Gasteiger partial charge in [0, 0.05) is 20.1 Å². The fourth-order valence-electron chi connectivity index (χ4n) is 2.89. The standard InChI is InChI=1S/C18H24N6O4S2/c1-6-24(7-2)16(26)13-9(3)11(17(27)28-5)15(30-13)22-18(29)21-10-8-20-23(4)12(10)14(19)25/h8H,6-7H2,1-5H3,(H2,19,25)(H2,21,22,29). The number of nitrogens with two attached hydrogens (primary N) is 1. The first kappa shape index (κ1) is 23.3. The lowest BCUT2D eigenvalue weighted by atomic mass is 10.1. The molecule has 0 aromatic carbocycles. The van der Waals surface area contributed by atoms with Gasteiger partial charge < -0.3 is 26.0 Å². The monoisotopic (exact) mass is 452 g/mol. The van der Waals surface area contributed by atoms with Crippen molar-refractivity contribution in [3.05, 3.63) is 27.9 Å². The van der Waals surface area contributed by atoms with Crippen molar-refractivity contribution in [3.63, 3.8) is 0 Å². The van der Waals surface area contributed by atoms with Crippen LogP contribution in [0.25, 0.3) is 0 Å². The third-order valence-electron chi connectivity index (χ3n) is 4.43. The fraction of sp³-hybridized carbons (Fsp3) is 0.389. The molecule has 0 aliphatic rings. The van der Waals surface area contributed by atoms with Crippen molar-refractivity contribution >= 4 is 57.1 Å². The maximum absolute atomic E-state index is 12.8. The summed E-state index contributed by atoms with van der Waals surface area (Å²) in [7, 11) is 2.84. The van der Waals surface area contributed by atoms with Gasteiger partial charge in [-0.15, -0.1) is 11.3 Å². The number of methoxy groups -OCH3 is 1. The van der Waals surface area contributed by atoms with Crippen LogP contribution in [-0.2, 0) is 11.8 Å². The summed E-state index contributed by atoms with van der Waals surface area (Å²) in [6.45, 7) is 6.54. The third-order valence-corrected chi connectivity index (χ3v) is 5.83. The molecule has 0 unspecified atom stereocenters. The van der Waals surface area contributed by atoms with Crippen molar-refractivity contribution in [1.82, 2.24) is 14.7 Å². The first-order valence-electron chi connectivity index (χ1n) is 9.06. The minimum atomic E-state index is -0.672. The Bertz CT molecular complexity index is 993. The molecule has 0 fully saturated rings. The highest BCUT2D eigenvalue weighted by Gasteiger charge is 2.27. The quantitative estimate of drug-likeness (QED) is 0.429. The van der Waals surface area contributed by atoms with E-state index < -0.39 is 11.9 Å². The zero-order valence-corrected chi connectivity index (χ0v) is 19.0. The average molecular weight is 453 g/mol. The van der Waals surface area contributed by atoms with Crippen LogP contribution in [0.4, 0.5) is 10.7 Å². The molecule has 2 rings (SSSR count). The lowest BCUT2D eigenvalue weighted by Crippen LogP contribution is -2.30. The summed E-state index contributed by atoms with van der Waals surface area (Å²) in [6.07, 6.45) is 1.41. The number of rotatable bonds is 7. The Kier molecular flexibility index (Phi) is 7.51. The molecule has 0 saturated heterocycles. The zero-order chi connectivity index (χ0) is 22.6. The summed E-state index contributed by atoms with van der Waals surface area (Å²) in [5.74, 6) is -1.44. The number of anilines is 2. The van der Waals surface area contributed by atoms with Gasteiger partial charge in [0.1, 0.15) is 10.7 Å². The molecule has 0 aliphatic heterocycles. The van der Waals surface area contributed by atoms with Crippen molar-refractivity contribution in [2.75, 3.05) is 30.8 Å². The van der Waals surface area contributed by atoms with E-state index in [-0.39, 0.29) is 22.3 Å². The number of thiocarbonyl (C=S) groups is 1. The molecule has 0 bridgehead atoms. The van der Waals surface area contributed by atoms with Crippen molar-refractivity contribution < 1.29 is 19.1 Å². The van der Waals surface area contributed by atoms with Crippen LogP contribution in [0.1, 0.15) is 49.9 Å². The summed E-state index contributed by atoms with van der Waals surface area (Å²) in [6, 6.07) is 0. The summed E-state index contributed by atoms with van der Waals surface area (Å²) < 4.78 is 6.21. The van der Waals surface area contributed by atoms with E-state index in [1.54, 1.807) is 18.9 Å². The van der Waals surface area contributed by atoms with Gasteiger partial charge in [0.05, 0.1) is 29.4 Å². The van der Waals surface area contributed by atoms with Crippen LogP contribution in [0.2, 0.25) is 0 Å². The number of aromatic nitrogens is 2. The van der Waals surface area contributed by atoms with E-state index in [4.69, 9.17) is 22.7 Å². The van der Waals surface area contributed by atoms with E-state index in [1.165, 1.54) is 18.0 Å². The maximum atomic E-state index is 12.8. The van der Waals surface area contributed by atoms with Crippen LogP contribution in [-0.4, -0.2) is 57.8 Å². The van der Waals surface area contributed by atoms with Gasteiger partial charge >= 0.3 is 5.97 Å². The molecular weight excluding hydrogens is 428 g/mol. The highest BCUT2D eigenvalue weighted by Crippen LogP contribution is 2.34. The van der Waals surface area contributed by atoms with Crippen molar-refractivity contribution in [2.24, 2.45) is 12.8 Å². The molecule has 2 aromatic rings. The number of carbonyl (C=O) groups excluding carboxylic acids is 3. The first-order chi connectivity index (χ1) is 14.2. The predicted octanol–water partition coefficient (Wildman–Crippen LogP) is 1.97. The van der Waals surface area contributed by atoms with Gasteiger partial charge in [-0.1, -0.05) is 0 Å². The summed E-state index contributed by atoms with van der Waals surface area (Å²) >= 11 is 6.43. The van der Waals surface area contributed by atoms with Gasteiger partial charge in [0.15, 0.2) is 5.11 Å². The second-order valence-electron chi connectivity index (χ2n) is 6.20. The molecule has 10 nitrogen and oxygen atoms in total. The number of esters is 1. The number of nitrogens with one attached hydrogen (secondary N) is 2. The lowest BCUT2D eigenvalue weighted by molar-refractivity contribution is 0.0601. The Morgan fingerprint density at radius 1 is 1.30 bits per heavy atom. The Morgan fingerprint density at radius 3 is 2.47 bits per heavy atom. The predicted molar refractivity (Wildman–Crippen MR) is 119 cm³/mol. The molecule has 0 aliphatic carbocycles. The summed E-state index contributed by atoms with van der Waals surface area (Å²) in [5.41, 5.74) is 6.57. The number of hydrogen-bond donors (Lipinski definition) is 3. The van der Waals surface area contributed by atoms with Crippen LogP contribution in [0.5, 0.6) is 0 Å². The Labute approximate surface area is 183 Å². The molecule has 162 valence electrons. The van der Waals surface area contributed by atoms with E-state index in [1.807, 2.05) is 13.8 Å². The van der Waals surface area contributed by atoms with E-state index in [0.717, 1.165) is 11.3 Å². The van der Waals surface area contributed by atoms with Gasteiger partial charge in [-0.2, -0.15) is 5.10 Å². The molecule has 2 heterocycles. The van der Waals surface area contributed by atoms with E-state index in [2.05, 4.69) is 15.7 Å². The molecule has 0 spiro atoms. The smallest absolute Gasteiger partial charge is 0.341 e. The minimum absolute atomic E-state index is 0.0961. The van der Waals surface area contributed by atoms with Crippen LogP contribution >= 0.6 is 23.6 Å². The lowest BCUT2D eigenvalue weighted by Gasteiger charge is -2.17. The second-order valence-corrected chi connectivity index (χ2v) is 7.63. The van der Waals surface area contributed by atoms with E-state index in [0.29, 0.717) is 34.2 Å². The van der Waals surface area contributed by atoms with Crippen molar-refractivity contribution in [1.29, 1.82) is 0 Å². The molecule has 0 atom stereocenters. The van der Waals surface area contributed by atoms with Gasteiger partial charge in [-0.25, -0.2) is 4.79 Å². The third kappa shape index (κ3) is 4.60. The minimum Gasteiger partial charge on any atom is -0.465 e. The van der Waals surface area contributed by atoms with Gasteiger partial charge in [0.25, 0.3) is 11.8 Å². The fourth-order valence-corrected chi connectivity index (χ4v) is 4.33. The van der Waals surface area contributed by atoms with E-state index in [9.17, 15) is 14.4 Å². The SMILES string of the molecule is CCN(CC)C(=O)c1sc(NC(=S)Nc2cnn(C)c2C(N)=O)c(C(=O)OC)c1C. The average Bonchev–Trinajstić information content (AvgIpc) is 3.21. The van der Waals surface area contributed by atoms with Crippen LogP contribution in [0.3, 0.4) is 0 Å². The largest absolute Gasteiger partial charge is 0.465 e. The molecule has 0 saturated carbocycles. The summed E-state index contributed by atoms with van der Waals surface area (Å²) in [4.78, 5) is 38.9. The number of aryl methyl sites for hydroxylation is 1. The normalized spacial score (nSPS) is 10.4. The van der Waals surface area contributed by atoms with Crippen molar-refractivity contribution in [3.8, 4) is 0 Å². The van der Waals surface area contributed by atoms with Gasteiger partial charge in [-0.05, 0) is 38.6 Å². The number of ether oxygens (including phenoxy) is 1. The van der Waals surface area contributed by atoms with Crippen LogP contribution < -0.4 is 16.4 Å². The summed E-state index contributed by atoms with van der Waals surface area (Å²) in [5, 5.41) is 10.2. The van der Waals surface area contributed by atoms with Crippen LogP contribution in [0.15, 0.2) is 6.20 Å². The second kappa shape index (κ2) is 9.67. The number of hydrogen-bond acceptors (Lipinski definition) is 7. The topological polar surface area (TPSA) is 132 Å². The number of amides is 2. The number of carbonyl (C=O) groups is 3. The number of nitrogens with zero attached hydrogens (tertiary/aromatic N) is 3. The zero-order valence-electron chi connectivity index (χ0n) is 17.4. The molecule has 0 radical (unpaired) electrons. The molecule has 12 heteroatoms. The van der Waals surface area contributed by atoms with E-state index >= 15 is 0 Å². The maximum Gasteiger partial charge on any atom is 0.341 e. The highest BCUT2D eigenvalue weighted by atomic mass is 32.1. The first-order valence-corrected chi connectivity index (χ1v) is 10.3. The molecule has 4 N–H and O–H groups in total. The molecule has 30 heavy (non-hydrogen) atoms. The van der Waals surface area contributed by atoms with Crippen LogP contribution in [0, 0.1) is 6.92 Å². The Hall–Kier alpha value is -2.99. The molecule has 2 amide bonds. The molecular formula is C18H24N6O4S2. The number of thiophene rings is 1. The highest BCUT2D eigenvalue weighted by molar-refractivity contribution is 7.80. The van der Waals surface area contributed by atoms with Gasteiger partial charge in [0.2, 0.25) is 0 Å².